The van der Waals surface area contributed by atoms with Crippen LogP contribution >= 0.6 is 0 Å². The molecule has 0 spiro atoms. The second-order valence-electron chi connectivity index (χ2n) is 11.9. The van der Waals surface area contributed by atoms with Crippen molar-refractivity contribution in [2.24, 2.45) is 5.73 Å². The Morgan fingerprint density at radius 1 is 0.592 bits per heavy atom. The Balaban J connectivity index is 1.38. The van der Waals surface area contributed by atoms with Crippen molar-refractivity contribution in [2.75, 3.05) is 0 Å². The van der Waals surface area contributed by atoms with Crippen LogP contribution in [0.2, 0.25) is 0 Å². The molecule has 3 amide bonds. The van der Waals surface area contributed by atoms with E-state index in [0.29, 0.717) is 0 Å². The maximum atomic E-state index is 14.0. The Labute approximate surface area is 283 Å². The Kier molecular flexibility index (Phi) is 11.4. The highest BCUT2D eigenvalue weighted by Crippen LogP contribution is 2.20. The molecule has 5 rings (SSSR count). The molecule has 1 heterocycles. The van der Waals surface area contributed by atoms with Crippen LogP contribution in [0.1, 0.15) is 22.3 Å². The van der Waals surface area contributed by atoms with Crippen molar-refractivity contribution in [1.82, 2.24) is 20.9 Å². The van der Waals surface area contributed by atoms with E-state index in [-0.39, 0.29) is 31.4 Å². The first-order chi connectivity index (χ1) is 23.7. The number of amides is 3. The van der Waals surface area contributed by atoms with E-state index in [0.717, 1.165) is 33.2 Å². The predicted molar refractivity (Wildman–Crippen MR) is 186 cm³/mol. The number of aliphatic carboxylic acids is 1. The zero-order chi connectivity index (χ0) is 34.8. The quantitative estimate of drug-likeness (QED) is 0.0899. The normalized spacial score (nSPS) is 13.5. The summed E-state index contributed by atoms with van der Waals surface area (Å²) >= 11 is 0. The average Bonchev–Trinajstić information content (AvgIpc) is 3.51. The lowest BCUT2D eigenvalue weighted by Crippen LogP contribution is -2.58. The number of hydrogen-bond acceptors (Lipinski definition) is 6. The molecule has 11 nitrogen and oxygen atoms in total. The van der Waals surface area contributed by atoms with Crippen molar-refractivity contribution in [2.45, 2.75) is 49.9 Å². The molecule has 5 aromatic rings. The molecule has 11 heteroatoms. The van der Waals surface area contributed by atoms with E-state index in [1.54, 1.807) is 42.6 Å². The molecule has 252 valence electrons. The van der Waals surface area contributed by atoms with Crippen LogP contribution in [0.15, 0.2) is 115 Å². The van der Waals surface area contributed by atoms with Gasteiger partial charge in [-0.3, -0.25) is 14.4 Å². The van der Waals surface area contributed by atoms with Gasteiger partial charge in [-0.05, 0) is 46.9 Å². The zero-order valence-corrected chi connectivity index (χ0v) is 26.7. The van der Waals surface area contributed by atoms with Gasteiger partial charge in [0.2, 0.25) is 17.7 Å². The topological polar surface area (TPSA) is 187 Å². The van der Waals surface area contributed by atoms with Crippen molar-refractivity contribution in [3.8, 4) is 5.75 Å². The number of nitrogens with one attached hydrogen (secondary N) is 4. The number of aromatic amines is 1. The van der Waals surface area contributed by atoms with E-state index in [4.69, 9.17) is 5.73 Å². The molecular weight excluding hydrogens is 622 g/mol. The Morgan fingerprint density at radius 3 is 1.69 bits per heavy atom. The summed E-state index contributed by atoms with van der Waals surface area (Å²) in [5.74, 6) is -3.02. The average molecular weight is 662 g/mol. The van der Waals surface area contributed by atoms with Gasteiger partial charge in [0.05, 0.1) is 6.04 Å². The van der Waals surface area contributed by atoms with Crippen LogP contribution in [0.25, 0.3) is 10.9 Å². The minimum absolute atomic E-state index is 0.0429. The number of H-pyrrole nitrogens is 1. The number of para-hydroxylation sites is 1. The first-order valence-electron chi connectivity index (χ1n) is 16.0. The van der Waals surface area contributed by atoms with Crippen LogP contribution in [0.5, 0.6) is 5.75 Å². The van der Waals surface area contributed by atoms with Gasteiger partial charge in [0.1, 0.15) is 23.9 Å². The number of carboxylic acids is 1. The van der Waals surface area contributed by atoms with Gasteiger partial charge >= 0.3 is 5.97 Å². The molecule has 1 aromatic heterocycles. The standard InChI is InChI=1S/C38H39N5O6/c39-30(19-26-15-17-28(44)18-16-26)35(45)41-32(20-24-9-3-1-4-10-24)36(46)42-33(22-27-23-40-31-14-8-7-13-29(27)31)37(47)43-34(38(48)49)21-25-11-5-2-6-12-25/h1-18,23,30,32-34,40,44H,19-22,39H2,(H,41,45)(H,42,46)(H,43,47)(H,48,49). The van der Waals surface area contributed by atoms with Gasteiger partial charge in [0, 0.05) is 36.4 Å². The molecule has 0 aliphatic heterocycles. The second kappa shape index (κ2) is 16.2. The van der Waals surface area contributed by atoms with Gasteiger partial charge in [0.15, 0.2) is 0 Å². The Bertz CT molecular complexity index is 1880. The van der Waals surface area contributed by atoms with Gasteiger partial charge in [-0.15, -0.1) is 0 Å². The Hall–Kier alpha value is -5.94. The Morgan fingerprint density at radius 2 is 1.08 bits per heavy atom. The number of fused-ring (bicyclic) bond motifs is 1. The van der Waals surface area contributed by atoms with Crippen LogP contribution in [0.3, 0.4) is 0 Å². The zero-order valence-electron chi connectivity index (χ0n) is 26.7. The number of aromatic hydroxyl groups is 1. The summed E-state index contributed by atoms with van der Waals surface area (Å²) in [5.41, 5.74) is 10.0. The minimum atomic E-state index is -1.25. The van der Waals surface area contributed by atoms with E-state index >= 15 is 0 Å². The maximum absolute atomic E-state index is 14.0. The van der Waals surface area contributed by atoms with Crippen LogP contribution in [-0.2, 0) is 44.9 Å². The fourth-order valence-electron chi connectivity index (χ4n) is 5.64. The molecule has 0 aliphatic rings. The predicted octanol–water partition coefficient (Wildman–Crippen LogP) is 3.01. The number of aromatic nitrogens is 1. The number of hydrogen-bond donors (Lipinski definition) is 7. The third-order valence-electron chi connectivity index (χ3n) is 8.27. The first kappa shape index (κ1) is 34.4. The molecule has 4 unspecified atom stereocenters. The van der Waals surface area contributed by atoms with Crippen LogP contribution in [-0.4, -0.2) is 63.1 Å². The maximum Gasteiger partial charge on any atom is 0.326 e. The molecule has 0 bridgehead atoms. The summed E-state index contributed by atoms with van der Waals surface area (Å²) in [6, 6.07) is 27.3. The number of carbonyl (C=O) groups is 4. The molecule has 0 aliphatic carbocycles. The second-order valence-corrected chi connectivity index (χ2v) is 11.9. The number of rotatable bonds is 15. The fraction of sp³-hybridized carbons (Fsp3) is 0.211. The molecule has 4 atom stereocenters. The smallest absolute Gasteiger partial charge is 0.326 e. The molecule has 0 fully saturated rings. The summed E-state index contributed by atoms with van der Waals surface area (Å²) in [5, 5.41) is 28.6. The summed E-state index contributed by atoms with van der Waals surface area (Å²) in [7, 11) is 0. The molecule has 0 saturated heterocycles. The molecular formula is C38H39N5O6. The van der Waals surface area contributed by atoms with Crippen molar-refractivity contribution < 1.29 is 29.4 Å². The lowest BCUT2D eigenvalue weighted by Gasteiger charge is -2.25. The molecule has 4 aromatic carbocycles. The highest BCUT2D eigenvalue weighted by Gasteiger charge is 2.31. The van der Waals surface area contributed by atoms with E-state index in [1.807, 2.05) is 60.7 Å². The van der Waals surface area contributed by atoms with Gasteiger partial charge < -0.3 is 36.9 Å². The third-order valence-corrected chi connectivity index (χ3v) is 8.27. The van der Waals surface area contributed by atoms with Crippen molar-refractivity contribution in [3.05, 3.63) is 138 Å². The fourth-order valence-corrected chi connectivity index (χ4v) is 5.64. The lowest BCUT2D eigenvalue weighted by molar-refractivity contribution is -0.142. The minimum Gasteiger partial charge on any atom is -0.508 e. The van der Waals surface area contributed by atoms with E-state index < -0.39 is 47.9 Å². The summed E-state index contributed by atoms with van der Waals surface area (Å²) < 4.78 is 0. The number of carbonyl (C=O) groups excluding carboxylic acids is 3. The number of carboxylic acid groups (broad SMARTS) is 1. The summed E-state index contributed by atoms with van der Waals surface area (Å²) in [6.07, 6.45) is 2.11. The van der Waals surface area contributed by atoms with Crippen molar-refractivity contribution in [1.29, 1.82) is 0 Å². The van der Waals surface area contributed by atoms with Crippen LogP contribution < -0.4 is 21.7 Å². The van der Waals surface area contributed by atoms with E-state index in [2.05, 4.69) is 20.9 Å². The SMILES string of the molecule is NC(Cc1ccc(O)cc1)C(=O)NC(Cc1ccccc1)C(=O)NC(Cc1c[nH]c2ccccc12)C(=O)NC(Cc1ccccc1)C(=O)O. The van der Waals surface area contributed by atoms with Gasteiger partial charge in [-0.25, -0.2) is 4.79 Å². The molecule has 49 heavy (non-hydrogen) atoms. The molecule has 0 saturated carbocycles. The number of phenolic OH excluding ortho intramolecular Hbond substituents is 1. The lowest BCUT2D eigenvalue weighted by atomic mass is 10.0. The van der Waals surface area contributed by atoms with Crippen molar-refractivity contribution in [3.63, 3.8) is 0 Å². The molecule has 0 radical (unpaired) electrons. The number of nitrogens with two attached hydrogens (primary N) is 1. The van der Waals surface area contributed by atoms with Gasteiger partial charge in [-0.2, -0.15) is 0 Å². The van der Waals surface area contributed by atoms with Crippen LogP contribution in [0, 0.1) is 0 Å². The highest BCUT2D eigenvalue weighted by molar-refractivity contribution is 5.95. The molecule has 8 N–H and O–H groups in total. The third kappa shape index (κ3) is 9.55. The van der Waals surface area contributed by atoms with Gasteiger partial charge in [0.25, 0.3) is 0 Å². The summed E-state index contributed by atoms with van der Waals surface area (Å²) in [6.45, 7) is 0. The van der Waals surface area contributed by atoms with E-state index in [9.17, 15) is 29.4 Å². The highest BCUT2D eigenvalue weighted by atomic mass is 16.4. The number of benzene rings is 4. The van der Waals surface area contributed by atoms with Crippen molar-refractivity contribution >= 4 is 34.6 Å². The van der Waals surface area contributed by atoms with Crippen LogP contribution in [0.4, 0.5) is 0 Å². The number of phenols is 1. The largest absolute Gasteiger partial charge is 0.508 e. The monoisotopic (exact) mass is 661 g/mol. The van der Waals surface area contributed by atoms with Gasteiger partial charge in [-0.1, -0.05) is 91.0 Å². The first-order valence-corrected chi connectivity index (χ1v) is 16.0. The summed E-state index contributed by atoms with van der Waals surface area (Å²) in [4.78, 5) is 56.6. The van der Waals surface area contributed by atoms with E-state index in [1.165, 1.54) is 12.1 Å².